The van der Waals surface area contributed by atoms with Gasteiger partial charge < -0.3 is 10.2 Å². The van der Waals surface area contributed by atoms with Crippen molar-refractivity contribution in [3.8, 4) is 0 Å². The summed E-state index contributed by atoms with van der Waals surface area (Å²) >= 11 is 0. The Bertz CT molecular complexity index is 300. The summed E-state index contributed by atoms with van der Waals surface area (Å²) in [6, 6.07) is 10.4. The van der Waals surface area contributed by atoms with Crippen LogP contribution in [0.15, 0.2) is 30.3 Å². The third-order valence-corrected chi connectivity index (χ3v) is 2.56. The number of benzene rings is 1. The van der Waals surface area contributed by atoms with Crippen molar-refractivity contribution in [2.75, 3.05) is 32.0 Å². The molecule has 0 saturated heterocycles. The Morgan fingerprint density at radius 2 is 1.76 bits per heavy atom. The van der Waals surface area contributed by atoms with Crippen LogP contribution < -0.4 is 5.32 Å². The lowest BCUT2D eigenvalue weighted by Crippen LogP contribution is -2.30. The van der Waals surface area contributed by atoms with E-state index in [4.69, 9.17) is 0 Å². The fraction of sp³-hybridized carbons (Fsp3) is 0.600. The van der Waals surface area contributed by atoms with Crippen LogP contribution in [0.3, 0.4) is 0 Å². The number of hydrogen-bond donors (Lipinski definition) is 1. The maximum Gasteiger partial charge on any atom is 0.0340 e. The first kappa shape index (κ1) is 14.0. The maximum absolute atomic E-state index is 3.44. The molecule has 1 N–H and O–H groups in total. The highest BCUT2D eigenvalue weighted by Crippen LogP contribution is 2.14. The molecule has 17 heavy (non-hydrogen) atoms. The van der Waals surface area contributed by atoms with E-state index < -0.39 is 0 Å². The molecule has 0 bridgehead atoms. The minimum atomic E-state index is 0.390. The Labute approximate surface area is 106 Å². The average Bonchev–Trinajstić information content (AvgIpc) is 2.23. The van der Waals surface area contributed by atoms with Gasteiger partial charge in [0.05, 0.1) is 0 Å². The summed E-state index contributed by atoms with van der Waals surface area (Å²) in [6.07, 6.45) is 1.18. The van der Waals surface area contributed by atoms with E-state index in [9.17, 15) is 0 Å². The Morgan fingerprint density at radius 1 is 1.12 bits per heavy atom. The zero-order valence-electron chi connectivity index (χ0n) is 11.7. The molecule has 0 aliphatic rings. The van der Waals surface area contributed by atoms with Gasteiger partial charge in [0.15, 0.2) is 0 Å². The second kappa shape index (κ2) is 6.65. The molecule has 0 aliphatic carbocycles. The summed E-state index contributed by atoms with van der Waals surface area (Å²) in [5.41, 5.74) is 1.60. The van der Waals surface area contributed by atoms with Crippen LogP contribution >= 0.6 is 0 Å². The fourth-order valence-electron chi connectivity index (χ4n) is 2.03. The molecule has 2 nitrogen and oxygen atoms in total. The third-order valence-electron chi connectivity index (χ3n) is 2.56. The molecule has 1 aromatic rings. The van der Waals surface area contributed by atoms with Crippen molar-refractivity contribution in [2.45, 2.75) is 27.2 Å². The van der Waals surface area contributed by atoms with E-state index in [2.05, 4.69) is 62.3 Å². The van der Waals surface area contributed by atoms with Crippen LogP contribution in [-0.4, -0.2) is 31.6 Å². The Kier molecular flexibility index (Phi) is 5.49. The highest BCUT2D eigenvalue weighted by atomic mass is 15.1. The molecule has 96 valence electrons. The van der Waals surface area contributed by atoms with Crippen molar-refractivity contribution < 1.29 is 0 Å². The molecule has 0 amide bonds. The summed E-state index contributed by atoms with van der Waals surface area (Å²) in [6.45, 7) is 10.2. The van der Waals surface area contributed by atoms with Gasteiger partial charge in [-0.3, -0.25) is 0 Å². The van der Waals surface area contributed by atoms with Crippen LogP contribution in [0.1, 0.15) is 27.2 Å². The fourth-order valence-corrected chi connectivity index (χ4v) is 2.03. The number of anilines is 1. The normalized spacial score (nSPS) is 11.8. The van der Waals surface area contributed by atoms with E-state index >= 15 is 0 Å². The molecule has 0 unspecified atom stereocenters. The molecule has 0 saturated carbocycles. The minimum Gasteiger partial charge on any atom is -0.385 e. The van der Waals surface area contributed by atoms with Gasteiger partial charge in [-0.1, -0.05) is 39.0 Å². The van der Waals surface area contributed by atoms with Gasteiger partial charge in [-0.2, -0.15) is 0 Å². The van der Waals surface area contributed by atoms with Crippen LogP contribution in [0, 0.1) is 5.41 Å². The monoisotopic (exact) mass is 234 g/mol. The van der Waals surface area contributed by atoms with Crippen molar-refractivity contribution in [1.29, 1.82) is 0 Å². The zero-order valence-corrected chi connectivity index (χ0v) is 11.7. The van der Waals surface area contributed by atoms with Crippen LogP contribution in [-0.2, 0) is 0 Å². The molecule has 1 rings (SSSR count). The first-order valence-corrected chi connectivity index (χ1v) is 6.45. The molecule has 0 spiro atoms. The number of nitrogens with one attached hydrogen (secondary N) is 1. The van der Waals surface area contributed by atoms with Gasteiger partial charge in [0, 0.05) is 18.8 Å². The van der Waals surface area contributed by atoms with Gasteiger partial charge in [-0.05, 0) is 37.6 Å². The quantitative estimate of drug-likeness (QED) is 0.758. The van der Waals surface area contributed by atoms with E-state index in [1.165, 1.54) is 12.1 Å². The topological polar surface area (TPSA) is 15.3 Å². The molecular weight excluding hydrogens is 208 g/mol. The molecule has 0 heterocycles. The van der Waals surface area contributed by atoms with Crippen LogP contribution in [0.25, 0.3) is 0 Å². The zero-order chi connectivity index (χ0) is 12.7. The molecule has 0 aliphatic heterocycles. The summed E-state index contributed by atoms with van der Waals surface area (Å²) in [5.74, 6) is 0. The summed E-state index contributed by atoms with van der Waals surface area (Å²) in [7, 11) is 2.20. The second-order valence-corrected chi connectivity index (χ2v) is 5.94. The lowest BCUT2D eigenvalue weighted by atomic mass is 9.96. The van der Waals surface area contributed by atoms with Crippen molar-refractivity contribution in [2.24, 2.45) is 5.41 Å². The van der Waals surface area contributed by atoms with Crippen LogP contribution in [0.4, 0.5) is 5.69 Å². The van der Waals surface area contributed by atoms with Gasteiger partial charge in [0.2, 0.25) is 0 Å². The number of nitrogens with zero attached hydrogens (tertiary/aromatic N) is 1. The first-order valence-electron chi connectivity index (χ1n) is 6.45. The summed E-state index contributed by atoms with van der Waals surface area (Å²) < 4.78 is 0. The van der Waals surface area contributed by atoms with E-state index in [-0.39, 0.29) is 0 Å². The lowest BCUT2D eigenvalue weighted by Gasteiger charge is -2.26. The van der Waals surface area contributed by atoms with Gasteiger partial charge in [0.25, 0.3) is 0 Å². The van der Waals surface area contributed by atoms with Crippen LogP contribution in [0.2, 0.25) is 0 Å². The largest absolute Gasteiger partial charge is 0.385 e. The van der Waals surface area contributed by atoms with E-state index in [1.54, 1.807) is 0 Å². The summed E-state index contributed by atoms with van der Waals surface area (Å²) in [4.78, 5) is 2.41. The molecule has 1 aromatic carbocycles. The SMILES string of the molecule is CN(CCCNc1ccccc1)CC(C)(C)C. The first-order chi connectivity index (χ1) is 7.97. The molecule has 2 heteroatoms. The summed E-state index contributed by atoms with van der Waals surface area (Å²) in [5, 5.41) is 3.44. The van der Waals surface area contributed by atoms with E-state index in [0.29, 0.717) is 5.41 Å². The molecule has 0 atom stereocenters. The standard InChI is InChI=1S/C15H26N2/c1-15(2,3)13-17(4)12-8-11-16-14-9-6-5-7-10-14/h5-7,9-10,16H,8,11-13H2,1-4H3. The Morgan fingerprint density at radius 3 is 2.35 bits per heavy atom. The molecular formula is C15H26N2. The average molecular weight is 234 g/mol. The number of hydrogen-bond acceptors (Lipinski definition) is 2. The van der Waals surface area contributed by atoms with Crippen molar-refractivity contribution in [3.05, 3.63) is 30.3 Å². The van der Waals surface area contributed by atoms with Crippen molar-refractivity contribution >= 4 is 5.69 Å². The number of rotatable bonds is 6. The van der Waals surface area contributed by atoms with Crippen molar-refractivity contribution in [1.82, 2.24) is 4.90 Å². The maximum atomic E-state index is 3.44. The molecule has 0 fully saturated rings. The van der Waals surface area contributed by atoms with Gasteiger partial charge in [-0.15, -0.1) is 0 Å². The highest BCUT2D eigenvalue weighted by Gasteiger charge is 2.12. The van der Waals surface area contributed by atoms with Gasteiger partial charge >= 0.3 is 0 Å². The van der Waals surface area contributed by atoms with Gasteiger partial charge in [0.1, 0.15) is 0 Å². The number of para-hydroxylation sites is 1. The Hall–Kier alpha value is -1.02. The van der Waals surface area contributed by atoms with E-state index in [1.807, 2.05) is 6.07 Å². The van der Waals surface area contributed by atoms with Crippen molar-refractivity contribution in [3.63, 3.8) is 0 Å². The lowest BCUT2D eigenvalue weighted by molar-refractivity contribution is 0.226. The third kappa shape index (κ3) is 7.01. The second-order valence-electron chi connectivity index (χ2n) is 5.94. The van der Waals surface area contributed by atoms with Crippen LogP contribution in [0.5, 0.6) is 0 Å². The molecule has 0 aromatic heterocycles. The minimum absolute atomic E-state index is 0.390. The van der Waals surface area contributed by atoms with Gasteiger partial charge in [-0.25, -0.2) is 0 Å². The predicted molar refractivity (Wildman–Crippen MR) is 76.5 cm³/mol. The van der Waals surface area contributed by atoms with E-state index in [0.717, 1.165) is 19.6 Å². The highest BCUT2D eigenvalue weighted by molar-refractivity contribution is 5.42. The smallest absolute Gasteiger partial charge is 0.0340 e. The molecule has 0 radical (unpaired) electrons. The predicted octanol–water partition coefficient (Wildman–Crippen LogP) is 3.47. The Balaban J connectivity index is 2.12.